The van der Waals surface area contributed by atoms with Gasteiger partial charge in [0.25, 0.3) is 0 Å². The van der Waals surface area contributed by atoms with E-state index in [0.717, 1.165) is 18.6 Å². The minimum Gasteiger partial charge on any atom is -0.354 e. The molecule has 0 aliphatic carbocycles. The lowest BCUT2D eigenvalue weighted by atomic mass is 9.91. The molecule has 5 nitrogen and oxygen atoms in total. The highest BCUT2D eigenvalue weighted by molar-refractivity contribution is 6.31. The molecule has 2 bridgehead atoms. The molecule has 2 aliphatic rings. The van der Waals surface area contributed by atoms with Crippen molar-refractivity contribution >= 4 is 29.2 Å². The summed E-state index contributed by atoms with van der Waals surface area (Å²) in [6, 6.07) is 1.49. The van der Waals surface area contributed by atoms with Crippen LogP contribution in [0.3, 0.4) is 0 Å². The number of nitrogens with one attached hydrogen (secondary N) is 1. The second-order valence-corrected chi connectivity index (χ2v) is 6.14. The molecule has 0 spiro atoms. The van der Waals surface area contributed by atoms with Crippen molar-refractivity contribution in [1.82, 2.24) is 19.9 Å². The zero-order valence-electron chi connectivity index (χ0n) is 10.8. The van der Waals surface area contributed by atoms with E-state index < -0.39 is 0 Å². The number of hydrogen-bond donors (Lipinski definition) is 1. The minimum absolute atomic E-state index is 0.131. The fourth-order valence-electron chi connectivity index (χ4n) is 3.33. The van der Waals surface area contributed by atoms with Crippen LogP contribution >= 0.6 is 23.2 Å². The molecule has 7 heteroatoms. The zero-order valence-corrected chi connectivity index (χ0v) is 12.3. The zero-order chi connectivity index (χ0) is 13.4. The van der Waals surface area contributed by atoms with Crippen LogP contribution < -0.4 is 5.32 Å². The van der Waals surface area contributed by atoms with E-state index in [1.807, 2.05) is 0 Å². The lowest BCUT2D eigenvalue weighted by Gasteiger charge is -2.36. The monoisotopic (exact) mass is 301 g/mol. The van der Waals surface area contributed by atoms with E-state index in [0.29, 0.717) is 11.9 Å². The molecule has 0 amide bonds. The Morgan fingerprint density at radius 1 is 1.11 bits per heavy atom. The van der Waals surface area contributed by atoms with Gasteiger partial charge in [0, 0.05) is 18.6 Å². The SMILES string of the molecule is CN1C2CCC1CC(CNc1nc(Cl)nc(Cl)n1)C2. The van der Waals surface area contributed by atoms with Gasteiger partial charge < -0.3 is 10.2 Å². The molecule has 1 aromatic rings. The molecule has 0 radical (unpaired) electrons. The van der Waals surface area contributed by atoms with Gasteiger partial charge in [0.15, 0.2) is 0 Å². The summed E-state index contributed by atoms with van der Waals surface area (Å²) >= 11 is 11.5. The summed E-state index contributed by atoms with van der Waals surface area (Å²) in [4.78, 5) is 14.3. The molecule has 19 heavy (non-hydrogen) atoms. The van der Waals surface area contributed by atoms with Gasteiger partial charge in [0.1, 0.15) is 0 Å². The second kappa shape index (κ2) is 5.38. The molecule has 2 atom stereocenters. The lowest BCUT2D eigenvalue weighted by molar-refractivity contribution is 0.139. The van der Waals surface area contributed by atoms with Crippen LogP contribution in [0.5, 0.6) is 0 Å². The Labute approximate surface area is 122 Å². The first kappa shape index (κ1) is 13.3. The van der Waals surface area contributed by atoms with Crippen molar-refractivity contribution in [2.45, 2.75) is 37.8 Å². The Bertz CT molecular complexity index is 435. The maximum Gasteiger partial charge on any atom is 0.228 e. The second-order valence-electron chi connectivity index (χ2n) is 5.47. The summed E-state index contributed by atoms with van der Waals surface area (Å²) in [5, 5.41) is 3.49. The molecule has 2 aliphatic heterocycles. The van der Waals surface area contributed by atoms with Gasteiger partial charge in [-0.05, 0) is 61.9 Å². The van der Waals surface area contributed by atoms with Crippen molar-refractivity contribution in [1.29, 1.82) is 0 Å². The van der Waals surface area contributed by atoms with Crippen LogP contribution in [-0.2, 0) is 0 Å². The van der Waals surface area contributed by atoms with Crippen molar-refractivity contribution in [2.75, 3.05) is 18.9 Å². The molecule has 2 fully saturated rings. The van der Waals surface area contributed by atoms with Crippen LogP contribution in [0.2, 0.25) is 10.6 Å². The van der Waals surface area contributed by atoms with Crippen molar-refractivity contribution in [2.24, 2.45) is 5.92 Å². The smallest absolute Gasteiger partial charge is 0.228 e. The quantitative estimate of drug-likeness (QED) is 0.929. The third kappa shape index (κ3) is 2.93. The average Bonchev–Trinajstić information content (AvgIpc) is 2.60. The predicted octanol–water partition coefficient (Wildman–Crippen LogP) is 2.46. The van der Waals surface area contributed by atoms with Crippen LogP contribution in [0.1, 0.15) is 25.7 Å². The Balaban J connectivity index is 1.58. The Kier molecular flexibility index (Phi) is 3.78. The van der Waals surface area contributed by atoms with E-state index in [1.54, 1.807) is 0 Å². The van der Waals surface area contributed by atoms with Crippen LogP contribution in [-0.4, -0.2) is 45.5 Å². The fourth-order valence-corrected chi connectivity index (χ4v) is 3.69. The van der Waals surface area contributed by atoms with Gasteiger partial charge in [0.2, 0.25) is 16.5 Å². The first-order valence-electron chi connectivity index (χ1n) is 6.64. The summed E-state index contributed by atoms with van der Waals surface area (Å²) in [6.07, 6.45) is 5.15. The summed E-state index contributed by atoms with van der Waals surface area (Å²) < 4.78 is 0. The topological polar surface area (TPSA) is 53.9 Å². The van der Waals surface area contributed by atoms with Gasteiger partial charge in [-0.25, -0.2) is 0 Å². The maximum absolute atomic E-state index is 5.75. The maximum atomic E-state index is 5.75. The van der Waals surface area contributed by atoms with Crippen molar-refractivity contribution in [3.05, 3.63) is 10.6 Å². The first-order chi connectivity index (χ1) is 9.11. The highest BCUT2D eigenvalue weighted by atomic mass is 35.5. The van der Waals surface area contributed by atoms with Gasteiger partial charge in [-0.2, -0.15) is 15.0 Å². The molecular formula is C12H17Cl2N5. The van der Waals surface area contributed by atoms with Crippen molar-refractivity contribution < 1.29 is 0 Å². The van der Waals surface area contributed by atoms with Crippen molar-refractivity contribution in [3.63, 3.8) is 0 Å². The summed E-state index contributed by atoms with van der Waals surface area (Å²) in [5.41, 5.74) is 0. The fraction of sp³-hybridized carbons (Fsp3) is 0.750. The average molecular weight is 302 g/mol. The number of piperidine rings is 1. The van der Waals surface area contributed by atoms with E-state index in [1.165, 1.54) is 25.7 Å². The molecule has 0 aromatic carbocycles. The molecule has 2 unspecified atom stereocenters. The molecule has 0 saturated carbocycles. The minimum atomic E-state index is 0.131. The number of fused-ring (bicyclic) bond motifs is 2. The van der Waals surface area contributed by atoms with Gasteiger partial charge in [-0.15, -0.1) is 0 Å². The predicted molar refractivity (Wildman–Crippen MR) is 75.6 cm³/mol. The Morgan fingerprint density at radius 2 is 1.68 bits per heavy atom. The number of nitrogens with zero attached hydrogens (tertiary/aromatic N) is 4. The normalized spacial score (nSPS) is 30.6. The largest absolute Gasteiger partial charge is 0.354 e. The summed E-state index contributed by atoms with van der Waals surface area (Å²) in [5.74, 6) is 1.14. The van der Waals surface area contributed by atoms with E-state index in [-0.39, 0.29) is 10.6 Å². The number of halogens is 2. The van der Waals surface area contributed by atoms with Crippen LogP contribution in [0.4, 0.5) is 5.95 Å². The van der Waals surface area contributed by atoms with Crippen LogP contribution in [0, 0.1) is 5.92 Å². The molecule has 1 aromatic heterocycles. The third-order valence-corrected chi connectivity index (χ3v) is 4.66. The summed E-state index contributed by atoms with van der Waals surface area (Å²) in [6.45, 7) is 0.873. The highest BCUT2D eigenvalue weighted by Gasteiger charge is 2.38. The Hall–Kier alpha value is -0.650. The molecule has 2 saturated heterocycles. The van der Waals surface area contributed by atoms with E-state index >= 15 is 0 Å². The van der Waals surface area contributed by atoms with Gasteiger partial charge in [0.05, 0.1) is 0 Å². The first-order valence-corrected chi connectivity index (χ1v) is 7.40. The molecule has 3 heterocycles. The number of aromatic nitrogens is 3. The van der Waals surface area contributed by atoms with Crippen LogP contribution in [0.25, 0.3) is 0 Å². The summed E-state index contributed by atoms with van der Waals surface area (Å²) in [7, 11) is 2.25. The third-order valence-electron chi connectivity index (χ3n) is 4.33. The van der Waals surface area contributed by atoms with Crippen molar-refractivity contribution in [3.8, 4) is 0 Å². The van der Waals surface area contributed by atoms with Crippen LogP contribution in [0.15, 0.2) is 0 Å². The van der Waals surface area contributed by atoms with Gasteiger partial charge >= 0.3 is 0 Å². The molecule has 3 rings (SSSR count). The lowest BCUT2D eigenvalue weighted by Crippen LogP contribution is -2.41. The molecular weight excluding hydrogens is 285 g/mol. The van der Waals surface area contributed by atoms with E-state index in [2.05, 4.69) is 32.2 Å². The van der Waals surface area contributed by atoms with Gasteiger partial charge in [-0.1, -0.05) is 0 Å². The number of anilines is 1. The molecule has 1 N–H and O–H groups in total. The van der Waals surface area contributed by atoms with Gasteiger partial charge in [-0.3, -0.25) is 0 Å². The Morgan fingerprint density at radius 3 is 2.26 bits per heavy atom. The van der Waals surface area contributed by atoms with E-state index in [9.17, 15) is 0 Å². The number of hydrogen-bond acceptors (Lipinski definition) is 5. The molecule has 104 valence electrons. The number of rotatable bonds is 3. The highest BCUT2D eigenvalue weighted by Crippen LogP contribution is 2.37. The standard InChI is InChI=1S/C12H17Cl2N5/c1-19-8-2-3-9(19)5-7(4-8)6-15-12-17-10(13)16-11(14)18-12/h7-9H,2-6H2,1H3,(H,15,16,17,18). The van der Waals surface area contributed by atoms with E-state index in [4.69, 9.17) is 23.2 Å².